The summed E-state index contributed by atoms with van der Waals surface area (Å²) < 4.78 is 0. The highest BCUT2D eigenvalue weighted by atomic mass is 16.2. The summed E-state index contributed by atoms with van der Waals surface area (Å²) in [6.07, 6.45) is 2.51. The summed E-state index contributed by atoms with van der Waals surface area (Å²) in [7, 11) is 1.96. The fourth-order valence-electron chi connectivity index (χ4n) is 2.78. The van der Waals surface area contributed by atoms with Crippen LogP contribution in [0.15, 0.2) is 24.3 Å². The van der Waals surface area contributed by atoms with Crippen LogP contribution >= 0.6 is 0 Å². The van der Waals surface area contributed by atoms with Crippen molar-refractivity contribution in [1.29, 1.82) is 0 Å². The second-order valence-corrected chi connectivity index (χ2v) is 5.97. The van der Waals surface area contributed by atoms with E-state index in [0.717, 1.165) is 25.1 Å². The van der Waals surface area contributed by atoms with Gasteiger partial charge in [0.25, 0.3) is 0 Å². The Morgan fingerprint density at radius 1 is 1.41 bits per heavy atom. The van der Waals surface area contributed by atoms with E-state index in [9.17, 15) is 9.59 Å². The molecule has 1 aliphatic rings. The molecule has 1 atom stereocenters. The van der Waals surface area contributed by atoms with Crippen LogP contribution in [-0.2, 0) is 9.59 Å². The summed E-state index contributed by atoms with van der Waals surface area (Å²) >= 11 is 0. The number of hydrogen-bond donors (Lipinski definition) is 1. The number of fused-ring (bicyclic) bond motifs is 1. The number of para-hydroxylation sites is 2. The third-order valence-corrected chi connectivity index (χ3v) is 3.93. The first-order chi connectivity index (χ1) is 10.5. The summed E-state index contributed by atoms with van der Waals surface area (Å²) in [6, 6.07) is 7.35. The smallest absolute Gasteiger partial charge is 0.241 e. The number of rotatable bonds is 5. The Morgan fingerprint density at radius 2 is 2.14 bits per heavy atom. The van der Waals surface area contributed by atoms with Crippen LogP contribution in [-0.4, -0.2) is 42.9 Å². The first-order valence-electron chi connectivity index (χ1n) is 7.92. The minimum Gasteiger partial charge on any atom is -0.324 e. The van der Waals surface area contributed by atoms with E-state index in [-0.39, 0.29) is 17.9 Å². The second kappa shape index (κ2) is 7.40. The molecule has 0 radical (unpaired) electrons. The molecule has 0 aliphatic carbocycles. The first kappa shape index (κ1) is 16.5. The zero-order valence-corrected chi connectivity index (χ0v) is 13.6. The molecule has 5 nitrogen and oxygen atoms in total. The number of nitrogens with one attached hydrogen (secondary N) is 1. The van der Waals surface area contributed by atoms with E-state index in [2.05, 4.69) is 12.2 Å². The molecule has 0 fully saturated rings. The minimum atomic E-state index is -0.143. The van der Waals surface area contributed by atoms with Gasteiger partial charge in [0.15, 0.2) is 0 Å². The van der Waals surface area contributed by atoms with Crippen LogP contribution in [0.4, 0.5) is 11.4 Å². The first-order valence-corrected chi connectivity index (χ1v) is 7.92. The zero-order valence-electron chi connectivity index (χ0n) is 13.6. The molecule has 5 heteroatoms. The summed E-state index contributed by atoms with van der Waals surface area (Å²) in [5.41, 5.74) is 1.50. The Balaban J connectivity index is 2.20. The molecular formula is C17H25N3O2. The molecule has 1 aromatic rings. The number of carbonyl (C=O) groups excluding carboxylic acids is 2. The van der Waals surface area contributed by atoms with Gasteiger partial charge in [0, 0.05) is 12.5 Å². The van der Waals surface area contributed by atoms with Gasteiger partial charge >= 0.3 is 0 Å². The van der Waals surface area contributed by atoms with Crippen molar-refractivity contribution in [2.45, 2.75) is 39.2 Å². The average molecular weight is 303 g/mol. The summed E-state index contributed by atoms with van der Waals surface area (Å²) in [5, 5.41) is 2.88. The standard InChI is InChI=1S/C17H25N3O2/c1-4-5-10-19(3)12-17(22)20-13(2)11-16(21)18-14-8-6-7-9-15(14)20/h6-9,13H,4-5,10-12H2,1-3H3,(H,18,21)/t13-/m0/s1. The molecule has 1 N–H and O–H groups in total. The Labute approximate surface area is 132 Å². The minimum absolute atomic E-state index is 0.0371. The molecule has 0 saturated carbocycles. The molecule has 1 heterocycles. The Kier molecular flexibility index (Phi) is 5.55. The molecule has 0 aromatic heterocycles. The molecule has 2 rings (SSSR count). The molecule has 1 aliphatic heterocycles. The van der Waals surface area contributed by atoms with E-state index in [0.29, 0.717) is 18.7 Å². The van der Waals surface area contributed by atoms with Gasteiger partial charge in [-0.3, -0.25) is 14.5 Å². The Bertz CT molecular complexity index is 544. The van der Waals surface area contributed by atoms with Gasteiger partial charge in [-0.1, -0.05) is 25.5 Å². The van der Waals surface area contributed by atoms with Gasteiger partial charge in [0.2, 0.25) is 11.8 Å². The molecule has 0 unspecified atom stereocenters. The predicted molar refractivity (Wildman–Crippen MR) is 89.0 cm³/mol. The largest absolute Gasteiger partial charge is 0.324 e. The van der Waals surface area contributed by atoms with E-state index in [1.807, 2.05) is 43.1 Å². The van der Waals surface area contributed by atoms with Crippen molar-refractivity contribution < 1.29 is 9.59 Å². The van der Waals surface area contributed by atoms with E-state index < -0.39 is 0 Å². The molecule has 0 bridgehead atoms. The van der Waals surface area contributed by atoms with Gasteiger partial charge in [-0.15, -0.1) is 0 Å². The van der Waals surface area contributed by atoms with E-state index >= 15 is 0 Å². The van der Waals surface area contributed by atoms with Crippen LogP contribution in [0.25, 0.3) is 0 Å². The van der Waals surface area contributed by atoms with Crippen molar-refractivity contribution in [3.63, 3.8) is 0 Å². The van der Waals surface area contributed by atoms with Crippen LogP contribution < -0.4 is 10.2 Å². The van der Waals surface area contributed by atoms with Gasteiger partial charge in [-0.25, -0.2) is 0 Å². The van der Waals surface area contributed by atoms with E-state index in [4.69, 9.17) is 0 Å². The zero-order chi connectivity index (χ0) is 16.1. The van der Waals surface area contributed by atoms with Gasteiger partial charge in [-0.05, 0) is 39.1 Å². The molecule has 1 aromatic carbocycles. The fraction of sp³-hybridized carbons (Fsp3) is 0.529. The molecular weight excluding hydrogens is 278 g/mol. The normalized spacial score (nSPS) is 17.9. The maximum atomic E-state index is 12.7. The molecule has 120 valence electrons. The average Bonchev–Trinajstić information content (AvgIpc) is 2.59. The summed E-state index contributed by atoms with van der Waals surface area (Å²) in [6.45, 7) is 5.34. The van der Waals surface area contributed by atoms with Crippen LogP contribution in [0.5, 0.6) is 0 Å². The number of amides is 2. The number of likely N-dealkylation sites (N-methyl/N-ethyl adjacent to an activating group) is 1. The van der Waals surface area contributed by atoms with E-state index in [1.165, 1.54) is 0 Å². The van der Waals surface area contributed by atoms with Gasteiger partial charge < -0.3 is 10.2 Å². The Hall–Kier alpha value is -1.88. The predicted octanol–water partition coefficient (Wildman–Crippen LogP) is 2.48. The van der Waals surface area contributed by atoms with Crippen molar-refractivity contribution in [3.05, 3.63) is 24.3 Å². The van der Waals surface area contributed by atoms with Crippen molar-refractivity contribution >= 4 is 23.2 Å². The van der Waals surface area contributed by atoms with Gasteiger partial charge in [-0.2, -0.15) is 0 Å². The highest BCUT2D eigenvalue weighted by Gasteiger charge is 2.29. The van der Waals surface area contributed by atoms with Crippen LogP contribution in [0, 0.1) is 0 Å². The van der Waals surface area contributed by atoms with Crippen molar-refractivity contribution in [2.75, 3.05) is 30.4 Å². The maximum absolute atomic E-state index is 12.7. The SMILES string of the molecule is CCCCN(C)CC(=O)N1c2ccccc2NC(=O)C[C@@H]1C. The lowest BCUT2D eigenvalue weighted by Crippen LogP contribution is -2.44. The quantitative estimate of drug-likeness (QED) is 0.909. The van der Waals surface area contributed by atoms with Crippen LogP contribution in [0.3, 0.4) is 0 Å². The van der Waals surface area contributed by atoms with E-state index in [1.54, 1.807) is 4.90 Å². The van der Waals surface area contributed by atoms with Gasteiger partial charge in [0.05, 0.1) is 17.9 Å². The number of hydrogen-bond acceptors (Lipinski definition) is 3. The molecule has 2 amide bonds. The van der Waals surface area contributed by atoms with Crippen molar-refractivity contribution in [1.82, 2.24) is 4.90 Å². The lowest BCUT2D eigenvalue weighted by Gasteiger charge is -2.29. The van der Waals surface area contributed by atoms with Crippen LogP contribution in [0.1, 0.15) is 33.1 Å². The topological polar surface area (TPSA) is 52.7 Å². The monoisotopic (exact) mass is 303 g/mol. The summed E-state index contributed by atoms with van der Waals surface area (Å²) in [5.74, 6) is -0.00959. The second-order valence-electron chi connectivity index (χ2n) is 5.97. The third-order valence-electron chi connectivity index (χ3n) is 3.93. The highest BCUT2D eigenvalue weighted by molar-refractivity contribution is 6.04. The molecule has 22 heavy (non-hydrogen) atoms. The maximum Gasteiger partial charge on any atom is 0.241 e. The molecule has 0 spiro atoms. The van der Waals surface area contributed by atoms with Crippen molar-refractivity contribution in [2.24, 2.45) is 0 Å². The van der Waals surface area contributed by atoms with Crippen molar-refractivity contribution in [3.8, 4) is 0 Å². The number of carbonyl (C=O) groups is 2. The number of anilines is 2. The Morgan fingerprint density at radius 3 is 2.86 bits per heavy atom. The lowest BCUT2D eigenvalue weighted by atomic mass is 10.1. The highest BCUT2D eigenvalue weighted by Crippen LogP contribution is 2.31. The lowest BCUT2D eigenvalue weighted by molar-refractivity contribution is -0.120. The summed E-state index contributed by atoms with van der Waals surface area (Å²) in [4.78, 5) is 28.5. The fourth-order valence-corrected chi connectivity index (χ4v) is 2.78. The number of benzene rings is 1. The third kappa shape index (κ3) is 3.85. The number of unbranched alkanes of at least 4 members (excludes halogenated alkanes) is 1. The number of nitrogens with zero attached hydrogens (tertiary/aromatic N) is 2. The molecule has 0 saturated heterocycles. The van der Waals surface area contributed by atoms with Gasteiger partial charge in [0.1, 0.15) is 0 Å². The van der Waals surface area contributed by atoms with Crippen LogP contribution in [0.2, 0.25) is 0 Å².